The predicted molar refractivity (Wildman–Crippen MR) is 71.0 cm³/mol. The summed E-state index contributed by atoms with van der Waals surface area (Å²) in [5.74, 6) is 0.381. The summed E-state index contributed by atoms with van der Waals surface area (Å²) in [5, 5.41) is 30.7. The van der Waals surface area contributed by atoms with E-state index in [1.165, 1.54) is 5.57 Å². The van der Waals surface area contributed by atoms with Gasteiger partial charge in [0, 0.05) is 5.92 Å². The van der Waals surface area contributed by atoms with Crippen molar-refractivity contribution in [2.24, 2.45) is 17.8 Å². The van der Waals surface area contributed by atoms with Gasteiger partial charge in [-0.15, -0.1) is 0 Å². The Morgan fingerprint density at radius 1 is 1.33 bits per heavy atom. The topological polar surface area (TPSA) is 60.7 Å². The van der Waals surface area contributed by atoms with Crippen molar-refractivity contribution in [3.8, 4) is 0 Å². The molecule has 3 N–H and O–H groups in total. The molecule has 0 aromatic carbocycles. The van der Waals surface area contributed by atoms with Crippen LogP contribution in [0.5, 0.6) is 0 Å². The first-order valence-corrected chi connectivity index (χ1v) is 7.06. The van der Waals surface area contributed by atoms with Gasteiger partial charge in [-0.2, -0.15) is 0 Å². The SMILES string of the molecule is CC(C)C1=CC2C(CC[C@]2(C)O)[C@@](O)(CO)CC1. The minimum atomic E-state index is -1.03. The van der Waals surface area contributed by atoms with E-state index in [9.17, 15) is 15.3 Å². The van der Waals surface area contributed by atoms with Gasteiger partial charge in [-0.25, -0.2) is 0 Å². The highest BCUT2D eigenvalue weighted by atomic mass is 16.3. The van der Waals surface area contributed by atoms with Crippen molar-refractivity contribution in [2.45, 2.75) is 57.7 Å². The van der Waals surface area contributed by atoms with Crippen molar-refractivity contribution >= 4 is 0 Å². The van der Waals surface area contributed by atoms with E-state index in [1.54, 1.807) is 0 Å². The molecule has 2 unspecified atom stereocenters. The van der Waals surface area contributed by atoms with Crippen LogP contribution >= 0.6 is 0 Å². The summed E-state index contributed by atoms with van der Waals surface area (Å²) in [6, 6.07) is 0. The third-order valence-corrected chi connectivity index (χ3v) is 5.06. The zero-order chi connectivity index (χ0) is 13.6. The molecule has 4 atom stereocenters. The maximum atomic E-state index is 10.7. The van der Waals surface area contributed by atoms with E-state index in [0.29, 0.717) is 18.8 Å². The molecule has 18 heavy (non-hydrogen) atoms. The molecule has 0 spiro atoms. The van der Waals surface area contributed by atoms with Crippen LogP contribution in [0, 0.1) is 17.8 Å². The van der Waals surface area contributed by atoms with Gasteiger partial charge in [0.1, 0.15) is 0 Å². The van der Waals surface area contributed by atoms with Gasteiger partial charge in [0.05, 0.1) is 17.8 Å². The molecule has 0 aromatic heterocycles. The van der Waals surface area contributed by atoms with Crippen LogP contribution < -0.4 is 0 Å². The molecule has 3 nitrogen and oxygen atoms in total. The summed E-state index contributed by atoms with van der Waals surface area (Å²) in [6.45, 7) is 5.94. The quantitative estimate of drug-likeness (QED) is 0.659. The lowest BCUT2D eigenvalue weighted by Crippen LogP contribution is -2.45. The number of fused-ring (bicyclic) bond motifs is 1. The van der Waals surface area contributed by atoms with Crippen molar-refractivity contribution in [3.63, 3.8) is 0 Å². The molecule has 0 radical (unpaired) electrons. The standard InChI is InChI=1S/C15H26O3/c1-10(2)11-4-7-15(18,9-16)12-5-6-14(3,17)13(12)8-11/h8,10,12-13,16-18H,4-7,9H2,1-3H3/t12?,13?,14-,15-/m0/s1. The molecule has 1 fully saturated rings. The second kappa shape index (κ2) is 4.62. The van der Waals surface area contributed by atoms with Crippen LogP contribution in [0.4, 0.5) is 0 Å². The van der Waals surface area contributed by atoms with Crippen molar-refractivity contribution in [1.82, 2.24) is 0 Å². The minimum Gasteiger partial charge on any atom is -0.393 e. The van der Waals surface area contributed by atoms with Crippen molar-refractivity contribution in [1.29, 1.82) is 0 Å². The molecule has 0 saturated heterocycles. The largest absolute Gasteiger partial charge is 0.393 e. The molecule has 0 amide bonds. The molecule has 0 aliphatic heterocycles. The fourth-order valence-electron chi connectivity index (χ4n) is 3.66. The molecule has 0 aromatic rings. The maximum absolute atomic E-state index is 10.7. The first kappa shape index (κ1) is 14.0. The average Bonchev–Trinajstić information content (AvgIpc) is 2.50. The van der Waals surface area contributed by atoms with E-state index in [4.69, 9.17) is 0 Å². The van der Waals surface area contributed by atoms with Crippen LogP contribution in [-0.2, 0) is 0 Å². The van der Waals surface area contributed by atoms with Gasteiger partial charge in [-0.3, -0.25) is 0 Å². The number of allylic oxidation sites excluding steroid dienone is 1. The van der Waals surface area contributed by atoms with Gasteiger partial charge < -0.3 is 15.3 Å². The van der Waals surface area contributed by atoms with Gasteiger partial charge in [0.15, 0.2) is 0 Å². The first-order chi connectivity index (χ1) is 8.30. The van der Waals surface area contributed by atoms with Crippen molar-refractivity contribution in [3.05, 3.63) is 11.6 Å². The molecule has 2 rings (SSSR count). The third-order valence-electron chi connectivity index (χ3n) is 5.06. The number of aliphatic hydroxyl groups is 3. The highest BCUT2D eigenvalue weighted by Gasteiger charge is 2.52. The van der Waals surface area contributed by atoms with E-state index in [-0.39, 0.29) is 18.4 Å². The Kier molecular flexibility index (Phi) is 3.60. The smallest absolute Gasteiger partial charge is 0.0915 e. The van der Waals surface area contributed by atoms with Crippen LogP contribution in [0.15, 0.2) is 11.6 Å². The summed E-state index contributed by atoms with van der Waals surface area (Å²) in [4.78, 5) is 0. The molecule has 0 bridgehead atoms. The molecule has 2 aliphatic rings. The zero-order valence-electron chi connectivity index (χ0n) is 11.7. The Morgan fingerprint density at radius 2 is 2.00 bits per heavy atom. The summed E-state index contributed by atoms with van der Waals surface area (Å²) >= 11 is 0. The number of rotatable bonds is 2. The molecule has 1 saturated carbocycles. The fourth-order valence-corrected chi connectivity index (χ4v) is 3.66. The molecular weight excluding hydrogens is 228 g/mol. The second-order valence-electron chi connectivity index (χ2n) is 6.69. The Hall–Kier alpha value is -0.380. The Morgan fingerprint density at radius 3 is 2.56 bits per heavy atom. The average molecular weight is 254 g/mol. The highest BCUT2D eigenvalue weighted by Crippen LogP contribution is 2.50. The normalized spacial score (nSPS) is 44.7. The van der Waals surface area contributed by atoms with Gasteiger partial charge in [-0.05, 0) is 44.4 Å². The summed E-state index contributed by atoms with van der Waals surface area (Å²) in [6.07, 6.45) is 5.08. The Bertz CT molecular complexity index is 346. The van der Waals surface area contributed by atoms with Crippen LogP contribution in [-0.4, -0.2) is 33.1 Å². The Labute approximate surface area is 110 Å². The van der Waals surface area contributed by atoms with Crippen LogP contribution in [0.3, 0.4) is 0 Å². The maximum Gasteiger partial charge on any atom is 0.0915 e. The van der Waals surface area contributed by atoms with Gasteiger partial charge >= 0.3 is 0 Å². The van der Waals surface area contributed by atoms with Crippen molar-refractivity contribution in [2.75, 3.05) is 6.61 Å². The summed E-state index contributed by atoms with van der Waals surface area (Å²) < 4.78 is 0. The second-order valence-corrected chi connectivity index (χ2v) is 6.69. The third kappa shape index (κ3) is 2.24. The highest BCUT2D eigenvalue weighted by molar-refractivity contribution is 5.19. The fraction of sp³-hybridized carbons (Fsp3) is 0.867. The monoisotopic (exact) mass is 254 g/mol. The molecule has 104 valence electrons. The minimum absolute atomic E-state index is 0.0197. The number of hydrogen-bond donors (Lipinski definition) is 3. The van der Waals surface area contributed by atoms with Gasteiger partial charge in [0.2, 0.25) is 0 Å². The van der Waals surface area contributed by atoms with E-state index in [0.717, 1.165) is 12.8 Å². The van der Waals surface area contributed by atoms with Crippen LogP contribution in [0.2, 0.25) is 0 Å². The number of hydrogen-bond acceptors (Lipinski definition) is 3. The van der Waals surface area contributed by atoms with E-state index >= 15 is 0 Å². The first-order valence-electron chi connectivity index (χ1n) is 7.06. The predicted octanol–water partition coefficient (Wildman–Crippen LogP) is 1.86. The molecule has 2 aliphatic carbocycles. The van der Waals surface area contributed by atoms with Gasteiger partial charge in [-0.1, -0.05) is 25.5 Å². The van der Waals surface area contributed by atoms with E-state index in [1.807, 2.05) is 6.92 Å². The summed E-state index contributed by atoms with van der Waals surface area (Å²) in [5.41, 5.74) is -0.479. The van der Waals surface area contributed by atoms with E-state index < -0.39 is 11.2 Å². The number of aliphatic hydroxyl groups excluding tert-OH is 1. The molecule has 3 heteroatoms. The molecule has 0 heterocycles. The van der Waals surface area contributed by atoms with Crippen LogP contribution in [0.25, 0.3) is 0 Å². The lowest BCUT2D eigenvalue weighted by atomic mass is 9.77. The summed E-state index contributed by atoms with van der Waals surface area (Å²) in [7, 11) is 0. The molecular formula is C15H26O3. The lowest BCUT2D eigenvalue weighted by Gasteiger charge is -2.36. The lowest BCUT2D eigenvalue weighted by molar-refractivity contribution is -0.0858. The Balaban J connectivity index is 2.38. The van der Waals surface area contributed by atoms with Gasteiger partial charge in [0.25, 0.3) is 0 Å². The van der Waals surface area contributed by atoms with Crippen LogP contribution in [0.1, 0.15) is 46.5 Å². The van der Waals surface area contributed by atoms with E-state index in [2.05, 4.69) is 19.9 Å². The zero-order valence-corrected chi connectivity index (χ0v) is 11.7. The van der Waals surface area contributed by atoms with Crippen molar-refractivity contribution < 1.29 is 15.3 Å².